The summed E-state index contributed by atoms with van der Waals surface area (Å²) in [5.41, 5.74) is 5.74. The number of hydrogen-bond donors (Lipinski definition) is 1. The maximum atomic E-state index is 13.2. The van der Waals surface area contributed by atoms with E-state index in [2.05, 4.69) is 53.0 Å². The van der Waals surface area contributed by atoms with Crippen molar-refractivity contribution < 1.29 is 4.39 Å². The van der Waals surface area contributed by atoms with E-state index in [1.807, 2.05) is 18.2 Å². The van der Waals surface area contributed by atoms with Gasteiger partial charge in [-0.1, -0.05) is 17.7 Å². The molecule has 1 aromatic heterocycles. The van der Waals surface area contributed by atoms with Gasteiger partial charge in [-0.15, -0.1) is 0 Å². The smallest absolute Gasteiger partial charge is 0.229 e. The van der Waals surface area contributed by atoms with Crippen LogP contribution in [-0.2, 0) is 0 Å². The minimum absolute atomic E-state index is 0.201. The van der Waals surface area contributed by atoms with E-state index in [1.54, 1.807) is 6.20 Å². The number of hydrogen-bond acceptors (Lipinski definition) is 5. The van der Waals surface area contributed by atoms with Crippen LogP contribution < -0.4 is 15.1 Å². The quantitative estimate of drug-likeness (QED) is 0.704. The summed E-state index contributed by atoms with van der Waals surface area (Å²) < 4.78 is 13.2. The van der Waals surface area contributed by atoms with E-state index >= 15 is 0 Å². The molecule has 1 saturated heterocycles. The van der Waals surface area contributed by atoms with Gasteiger partial charge >= 0.3 is 0 Å². The van der Waals surface area contributed by atoms with Gasteiger partial charge in [-0.05, 0) is 62.2 Å². The van der Waals surface area contributed by atoms with Crippen molar-refractivity contribution in [3.05, 3.63) is 71.2 Å². The monoisotopic (exact) mass is 391 g/mol. The van der Waals surface area contributed by atoms with E-state index in [4.69, 9.17) is 4.98 Å². The normalized spacial score (nSPS) is 14.2. The van der Waals surface area contributed by atoms with E-state index in [9.17, 15) is 4.39 Å². The van der Waals surface area contributed by atoms with Crippen molar-refractivity contribution in [2.75, 3.05) is 41.3 Å². The molecule has 6 heteroatoms. The van der Waals surface area contributed by atoms with Gasteiger partial charge in [-0.2, -0.15) is 4.98 Å². The first kappa shape index (κ1) is 19.2. The Kier molecular flexibility index (Phi) is 5.34. The average molecular weight is 391 g/mol. The molecule has 0 bridgehead atoms. The van der Waals surface area contributed by atoms with E-state index in [1.165, 1.54) is 28.8 Å². The summed E-state index contributed by atoms with van der Waals surface area (Å²) in [6.45, 7) is 9.75. The first-order chi connectivity index (χ1) is 14.0. The molecule has 0 radical (unpaired) electrons. The van der Waals surface area contributed by atoms with Crippen molar-refractivity contribution in [1.82, 2.24) is 9.97 Å². The van der Waals surface area contributed by atoms with Crippen LogP contribution in [0.3, 0.4) is 0 Å². The Morgan fingerprint density at radius 3 is 2.14 bits per heavy atom. The Morgan fingerprint density at radius 1 is 0.862 bits per heavy atom. The summed E-state index contributed by atoms with van der Waals surface area (Å²) in [5, 5.41) is 3.39. The van der Waals surface area contributed by atoms with Crippen LogP contribution in [0.25, 0.3) is 0 Å². The van der Waals surface area contributed by atoms with E-state index in [-0.39, 0.29) is 5.82 Å². The van der Waals surface area contributed by atoms with Gasteiger partial charge in [0.1, 0.15) is 11.6 Å². The summed E-state index contributed by atoms with van der Waals surface area (Å²) in [5.74, 6) is 1.33. The molecule has 150 valence electrons. The molecule has 1 aliphatic heterocycles. The van der Waals surface area contributed by atoms with Crippen LogP contribution in [0.1, 0.15) is 16.7 Å². The van der Waals surface area contributed by atoms with Crippen LogP contribution >= 0.6 is 0 Å². The Balaban J connectivity index is 1.45. The zero-order valence-electron chi connectivity index (χ0n) is 17.1. The minimum atomic E-state index is -0.201. The fourth-order valence-corrected chi connectivity index (χ4v) is 3.92. The van der Waals surface area contributed by atoms with Gasteiger partial charge in [0, 0.05) is 43.8 Å². The van der Waals surface area contributed by atoms with Crippen LogP contribution in [0.5, 0.6) is 0 Å². The Bertz CT molecular complexity index is 971. The van der Waals surface area contributed by atoms with Crippen molar-refractivity contribution in [3.63, 3.8) is 0 Å². The van der Waals surface area contributed by atoms with Crippen molar-refractivity contribution in [2.24, 2.45) is 0 Å². The fourth-order valence-electron chi connectivity index (χ4n) is 3.92. The lowest BCUT2D eigenvalue weighted by molar-refractivity contribution is 0.624. The molecule has 4 rings (SSSR count). The summed E-state index contributed by atoms with van der Waals surface area (Å²) in [4.78, 5) is 13.7. The van der Waals surface area contributed by atoms with Gasteiger partial charge in [0.15, 0.2) is 0 Å². The zero-order chi connectivity index (χ0) is 20.4. The Morgan fingerprint density at radius 2 is 1.48 bits per heavy atom. The predicted molar refractivity (Wildman–Crippen MR) is 117 cm³/mol. The average Bonchev–Trinajstić information content (AvgIpc) is 2.72. The van der Waals surface area contributed by atoms with Gasteiger partial charge in [-0.3, -0.25) is 0 Å². The molecule has 1 aliphatic rings. The second kappa shape index (κ2) is 8.07. The molecule has 0 atom stereocenters. The highest BCUT2D eigenvalue weighted by molar-refractivity contribution is 5.64. The molecule has 1 N–H and O–H groups in total. The second-order valence-corrected chi connectivity index (χ2v) is 7.59. The first-order valence-corrected chi connectivity index (χ1v) is 9.93. The molecule has 2 heterocycles. The summed E-state index contributed by atoms with van der Waals surface area (Å²) >= 11 is 0. The van der Waals surface area contributed by atoms with Gasteiger partial charge in [0.2, 0.25) is 5.95 Å². The molecule has 3 aromatic rings. The number of nitrogens with one attached hydrogen (secondary N) is 1. The van der Waals surface area contributed by atoms with Crippen molar-refractivity contribution in [2.45, 2.75) is 20.8 Å². The lowest BCUT2D eigenvalue weighted by atomic mass is 10.1. The molecule has 0 amide bonds. The fraction of sp³-hybridized carbons (Fsp3) is 0.304. The zero-order valence-corrected chi connectivity index (χ0v) is 17.1. The Labute approximate surface area is 171 Å². The molecule has 0 spiro atoms. The summed E-state index contributed by atoms with van der Waals surface area (Å²) in [7, 11) is 0. The lowest BCUT2D eigenvalue weighted by Gasteiger charge is -2.36. The maximum absolute atomic E-state index is 13.2. The summed E-state index contributed by atoms with van der Waals surface area (Å²) in [6, 6.07) is 13.0. The number of anilines is 4. The molecular weight excluding hydrogens is 365 g/mol. The van der Waals surface area contributed by atoms with E-state index in [0.717, 1.165) is 43.4 Å². The van der Waals surface area contributed by atoms with Crippen molar-refractivity contribution in [3.8, 4) is 0 Å². The second-order valence-electron chi connectivity index (χ2n) is 7.59. The lowest BCUT2D eigenvalue weighted by Crippen LogP contribution is -2.46. The third-order valence-corrected chi connectivity index (χ3v) is 5.35. The number of rotatable bonds is 4. The number of aryl methyl sites for hydroxylation is 3. The molecule has 0 aliphatic carbocycles. The van der Waals surface area contributed by atoms with Crippen molar-refractivity contribution >= 4 is 23.1 Å². The SMILES string of the molecule is Cc1cc(C)c(Nc2nccc(N3CCN(c4ccc(F)cc4)CC3)n2)c(C)c1. The molecule has 0 saturated carbocycles. The standard InChI is InChI=1S/C23H26FN5/c1-16-14-17(2)22(18(3)15-16)27-23-25-9-8-21(26-23)29-12-10-28(11-13-29)20-6-4-19(24)5-7-20/h4-9,14-15H,10-13H2,1-3H3,(H,25,26,27). The molecule has 2 aromatic carbocycles. The molecule has 1 fully saturated rings. The van der Waals surface area contributed by atoms with Gasteiger partial charge in [-0.25, -0.2) is 9.37 Å². The van der Waals surface area contributed by atoms with Crippen LogP contribution in [0.15, 0.2) is 48.7 Å². The Hall–Kier alpha value is -3.15. The third kappa shape index (κ3) is 4.31. The third-order valence-electron chi connectivity index (χ3n) is 5.35. The number of nitrogens with zero attached hydrogens (tertiary/aromatic N) is 4. The minimum Gasteiger partial charge on any atom is -0.368 e. The van der Waals surface area contributed by atoms with Crippen LogP contribution in [-0.4, -0.2) is 36.1 Å². The van der Waals surface area contributed by atoms with Crippen LogP contribution in [0.4, 0.5) is 27.5 Å². The van der Waals surface area contributed by atoms with Crippen LogP contribution in [0, 0.1) is 26.6 Å². The molecule has 29 heavy (non-hydrogen) atoms. The molecule has 5 nitrogen and oxygen atoms in total. The summed E-state index contributed by atoms with van der Waals surface area (Å²) in [6.07, 6.45) is 1.80. The largest absolute Gasteiger partial charge is 0.368 e. The number of benzene rings is 2. The van der Waals surface area contributed by atoms with Gasteiger partial charge in [0.05, 0.1) is 0 Å². The van der Waals surface area contributed by atoms with Gasteiger partial charge < -0.3 is 15.1 Å². The highest BCUT2D eigenvalue weighted by Crippen LogP contribution is 2.26. The van der Waals surface area contributed by atoms with E-state index in [0.29, 0.717) is 5.95 Å². The number of piperazine rings is 1. The molecule has 0 unspecified atom stereocenters. The van der Waals surface area contributed by atoms with Crippen molar-refractivity contribution in [1.29, 1.82) is 0 Å². The highest BCUT2D eigenvalue weighted by atomic mass is 19.1. The highest BCUT2D eigenvalue weighted by Gasteiger charge is 2.19. The van der Waals surface area contributed by atoms with E-state index < -0.39 is 0 Å². The maximum Gasteiger partial charge on any atom is 0.229 e. The first-order valence-electron chi connectivity index (χ1n) is 9.93. The molecular formula is C23H26FN5. The predicted octanol–water partition coefficient (Wildman–Crippen LogP) is 4.61. The number of halogens is 1. The van der Waals surface area contributed by atoms with Gasteiger partial charge in [0.25, 0.3) is 0 Å². The topological polar surface area (TPSA) is 44.3 Å². The number of aromatic nitrogens is 2. The van der Waals surface area contributed by atoms with Crippen LogP contribution in [0.2, 0.25) is 0 Å².